The Morgan fingerprint density at radius 2 is 2.00 bits per heavy atom. The Morgan fingerprint density at radius 3 is 2.62 bits per heavy atom. The number of ether oxygens (including phenoxy) is 3. The van der Waals surface area contributed by atoms with Crippen LogP contribution >= 0.6 is 0 Å². The van der Waals surface area contributed by atoms with Gasteiger partial charge in [-0.1, -0.05) is 12.1 Å². The summed E-state index contributed by atoms with van der Waals surface area (Å²) in [6, 6.07) is 11.4. The van der Waals surface area contributed by atoms with E-state index in [1.54, 1.807) is 25.1 Å². The van der Waals surface area contributed by atoms with Gasteiger partial charge in [-0.2, -0.15) is 15.8 Å². The van der Waals surface area contributed by atoms with Crippen molar-refractivity contribution in [2.75, 3.05) is 20.3 Å². The summed E-state index contributed by atoms with van der Waals surface area (Å²) < 4.78 is 15.9. The highest BCUT2D eigenvalue weighted by molar-refractivity contribution is 5.71. The van der Waals surface area contributed by atoms with Crippen molar-refractivity contribution in [2.45, 2.75) is 32.1 Å². The molecule has 0 aromatic heterocycles. The molecule has 2 aliphatic carbocycles. The Kier molecular flexibility index (Phi) is 6.71. The van der Waals surface area contributed by atoms with E-state index in [-0.39, 0.29) is 30.4 Å². The first-order chi connectivity index (χ1) is 15.5. The third-order valence-corrected chi connectivity index (χ3v) is 6.00. The summed E-state index contributed by atoms with van der Waals surface area (Å²) >= 11 is 0. The van der Waals surface area contributed by atoms with Gasteiger partial charge in [0.2, 0.25) is 0 Å². The molecule has 164 valence electrons. The van der Waals surface area contributed by atoms with Crippen LogP contribution in [-0.2, 0) is 9.53 Å². The number of nitriles is 3. The lowest BCUT2D eigenvalue weighted by atomic mass is 9.57. The first-order valence-corrected chi connectivity index (χ1v) is 10.4. The predicted molar refractivity (Wildman–Crippen MR) is 114 cm³/mol. The van der Waals surface area contributed by atoms with Crippen LogP contribution in [0.25, 0.3) is 0 Å². The smallest absolute Gasteiger partial charge is 0.344 e. The van der Waals surface area contributed by atoms with E-state index >= 15 is 0 Å². The van der Waals surface area contributed by atoms with E-state index in [1.807, 2.05) is 6.08 Å². The lowest BCUT2D eigenvalue weighted by Crippen LogP contribution is -2.42. The van der Waals surface area contributed by atoms with Crippen LogP contribution in [0.1, 0.15) is 37.7 Å². The molecule has 0 heterocycles. The molecule has 1 aromatic carbocycles. The summed E-state index contributed by atoms with van der Waals surface area (Å²) in [5.41, 5.74) is 6.29. The van der Waals surface area contributed by atoms with E-state index in [9.17, 15) is 20.6 Å². The number of carbonyl (C=O) groups is 1. The highest BCUT2D eigenvalue weighted by Crippen LogP contribution is 2.56. The third kappa shape index (κ3) is 3.74. The molecule has 2 aliphatic rings. The lowest BCUT2D eigenvalue weighted by molar-refractivity contribution is -0.145. The second kappa shape index (κ2) is 9.45. The molecule has 0 saturated carbocycles. The third-order valence-electron chi connectivity index (χ3n) is 6.00. The zero-order valence-electron chi connectivity index (χ0n) is 18.1. The van der Waals surface area contributed by atoms with Crippen LogP contribution < -0.4 is 15.2 Å². The molecule has 8 heteroatoms. The summed E-state index contributed by atoms with van der Waals surface area (Å²) in [6.45, 7) is 1.69. The second-order valence-corrected chi connectivity index (χ2v) is 7.61. The molecule has 0 spiro atoms. The Bertz CT molecular complexity index is 1090. The monoisotopic (exact) mass is 432 g/mol. The van der Waals surface area contributed by atoms with Crippen molar-refractivity contribution >= 4 is 5.97 Å². The first kappa shape index (κ1) is 22.7. The van der Waals surface area contributed by atoms with Crippen LogP contribution in [0.3, 0.4) is 0 Å². The molecule has 0 unspecified atom stereocenters. The van der Waals surface area contributed by atoms with Crippen LogP contribution in [0.4, 0.5) is 0 Å². The van der Waals surface area contributed by atoms with Crippen LogP contribution in [0, 0.1) is 45.3 Å². The molecule has 0 saturated heterocycles. The van der Waals surface area contributed by atoms with Gasteiger partial charge in [-0.3, -0.25) is 0 Å². The van der Waals surface area contributed by atoms with E-state index in [2.05, 4.69) is 18.2 Å². The fourth-order valence-corrected chi connectivity index (χ4v) is 4.59. The largest absolute Gasteiger partial charge is 0.493 e. The lowest BCUT2D eigenvalue weighted by Gasteiger charge is -2.43. The van der Waals surface area contributed by atoms with Crippen LogP contribution in [0.2, 0.25) is 0 Å². The quantitative estimate of drug-likeness (QED) is 0.675. The van der Waals surface area contributed by atoms with Gasteiger partial charge in [0.25, 0.3) is 0 Å². The number of benzene rings is 1. The van der Waals surface area contributed by atoms with Gasteiger partial charge in [0.05, 0.1) is 37.1 Å². The van der Waals surface area contributed by atoms with E-state index in [4.69, 9.17) is 19.9 Å². The highest BCUT2D eigenvalue weighted by Gasteiger charge is 2.53. The summed E-state index contributed by atoms with van der Waals surface area (Å²) in [4.78, 5) is 11.6. The maximum Gasteiger partial charge on any atom is 0.344 e. The van der Waals surface area contributed by atoms with Crippen LogP contribution in [-0.4, -0.2) is 26.3 Å². The summed E-state index contributed by atoms with van der Waals surface area (Å²) in [7, 11) is 1.47. The number of allylic oxidation sites excluding steroid dienone is 4. The molecular weight excluding hydrogens is 408 g/mol. The van der Waals surface area contributed by atoms with Crippen LogP contribution in [0.15, 0.2) is 41.1 Å². The molecule has 0 radical (unpaired) electrons. The van der Waals surface area contributed by atoms with Crippen molar-refractivity contribution in [3.05, 3.63) is 46.7 Å². The summed E-state index contributed by atoms with van der Waals surface area (Å²) in [5, 5.41) is 29.9. The SMILES string of the molecule is CCOC(=O)COc1ccc([C@@H]2[C@H]3CCCC=C3C(C#N)=C(N)C2(C#N)C#N)cc1OC. The summed E-state index contributed by atoms with van der Waals surface area (Å²) in [5.74, 6) is -0.611. The molecule has 2 N–H and O–H groups in total. The number of esters is 1. The normalized spacial score (nSPS) is 21.2. The Balaban J connectivity index is 2.10. The van der Waals surface area contributed by atoms with E-state index in [1.165, 1.54) is 7.11 Å². The second-order valence-electron chi connectivity index (χ2n) is 7.61. The molecular formula is C24H24N4O4. The molecule has 0 aliphatic heterocycles. The zero-order valence-corrected chi connectivity index (χ0v) is 18.1. The average molecular weight is 432 g/mol. The molecule has 0 amide bonds. The van der Waals surface area contributed by atoms with Gasteiger partial charge in [-0.25, -0.2) is 4.79 Å². The van der Waals surface area contributed by atoms with Gasteiger partial charge in [0.1, 0.15) is 6.07 Å². The van der Waals surface area contributed by atoms with Crippen molar-refractivity contribution in [1.29, 1.82) is 15.8 Å². The Hall–Kier alpha value is -3.96. The number of methoxy groups -OCH3 is 1. The zero-order chi connectivity index (χ0) is 23.3. The van der Waals surface area contributed by atoms with Crippen molar-refractivity contribution in [3.63, 3.8) is 0 Å². The van der Waals surface area contributed by atoms with Gasteiger partial charge in [0, 0.05) is 5.92 Å². The minimum Gasteiger partial charge on any atom is -0.493 e. The molecule has 2 atom stereocenters. The molecule has 8 nitrogen and oxygen atoms in total. The maximum absolute atomic E-state index is 11.6. The topological polar surface area (TPSA) is 142 Å². The molecule has 0 fully saturated rings. The minimum absolute atomic E-state index is 0.0130. The van der Waals surface area contributed by atoms with Crippen molar-refractivity contribution in [3.8, 4) is 29.7 Å². The van der Waals surface area contributed by atoms with Gasteiger partial charge in [0.15, 0.2) is 23.5 Å². The van der Waals surface area contributed by atoms with Crippen LogP contribution in [0.5, 0.6) is 11.5 Å². The highest BCUT2D eigenvalue weighted by atomic mass is 16.6. The van der Waals surface area contributed by atoms with Gasteiger partial charge in [-0.05, 0) is 55.4 Å². The number of hydrogen-bond donors (Lipinski definition) is 1. The van der Waals surface area contributed by atoms with E-state index < -0.39 is 17.3 Å². The minimum atomic E-state index is -1.69. The Labute approximate surface area is 187 Å². The average Bonchev–Trinajstić information content (AvgIpc) is 2.82. The van der Waals surface area contributed by atoms with Gasteiger partial charge in [-0.15, -0.1) is 0 Å². The van der Waals surface area contributed by atoms with Crippen molar-refractivity contribution in [2.24, 2.45) is 17.1 Å². The van der Waals surface area contributed by atoms with Gasteiger partial charge >= 0.3 is 5.97 Å². The van der Waals surface area contributed by atoms with E-state index in [0.717, 1.165) is 24.8 Å². The van der Waals surface area contributed by atoms with Gasteiger partial charge < -0.3 is 19.9 Å². The molecule has 0 bridgehead atoms. The number of hydrogen-bond acceptors (Lipinski definition) is 8. The number of nitrogens with zero attached hydrogens (tertiary/aromatic N) is 3. The summed E-state index contributed by atoms with van der Waals surface area (Å²) in [6.07, 6.45) is 4.41. The predicted octanol–water partition coefficient (Wildman–Crippen LogP) is 3.23. The number of fused-ring (bicyclic) bond motifs is 1. The van der Waals surface area contributed by atoms with Crippen molar-refractivity contribution < 1.29 is 19.0 Å². The Morgan fingerprint density at radius 1 is 1.25 bits per heavy atom. The fraction of sp³-hybridized carbons (Fsp3) is 0.417. The number of carbonyl (C=O) groups excluding carboxylic acids is 1. The molecule has 1 aromatic rings. The maximum atomic E-state index is 11.6. The first-order valence-electron chi connectivity index (χ1n) is 10.4. The fourth-order valence-electron chi connectivity index (χ4n) is 4.59. The number of rotatable bonds is 6. The number of nitrogens with two attached hydrogens (primary N) is 1. The standard InChI is InChI=1S/C24H24N4O4/c1-3-31-21(29)12-32-19-9-8-15(10-20(19)30-2)22-17-7-5-4-6-16(17)18(11-25)23(28)24(22,13-26)14-27/h6,8-10,17,22H,3-5,7,12,28H2,1-2H3/t17-,22+/m0/s1. The molecule has 32 heavy (non-hydrogen) atoms. The molecule has 3 rings (SSSR count). The van der Waals surface area contributed by atoms with Crippen molar-refractivity contribution in [1.82, 2.24) is 0 Å². The van der Waals surface area contributed by atoms with E-state index in [0.29, 0.717) is 17.1 Å².